The van der Waals surface area contributed by atoms with E-state index >= 15 is 0 Å². The number of aromatic nitrogens is 2. The molecule has 22 heavy (non-hydrogen) atoms. The molecule has 0 unspecified atom stereocenters. The van der Waals surface area contributed by atoms with E-state index in [1.807, 2.05) is 0 Å². The van der Waals surface area contributed by atoms with Crippen LogP contribution in [0.25, 0.3) is 21.8 Å². The number of benzene rings is 1. The SMILES string of the molecule is O=S(=O)(O)c1ccnc2c1ccc1c(S(=O)(=O)O)ccnc12. The van der Waals surface area contributed by atoms with Gasteiger partial charge in [0.25, 0.3) is 20.2 Å². The Morgan fingerprint density at radius 1 is 0.682 bits per heavy atom. The molecule has 0 spiro atoms. The molecule has 0 aliphatic rings. The van der Waals surface area contributed by atoms with Crippen molar-refractivity contribution in [2.45, 2.75) is 9.79 Å². The second-order valence-electron chi connectivity index (χ2n) is 4.43. The second-order valence-corrected chi connectivity index (χ2v) is 7.21. The van der Waals surface area contributed by atoms with Gasteiger partial charge in [-0.3, -0.25) is 19.1 Å². The molecule has 0 atom stereocenters. The molecule has 10 heteroatoms. The van der Waals surface area contributed by atoms with Crippen LogP contribution in [0.1, 0.15) is 0 Å². The average molecular weight is 340 g/mol. The maximum absolute atomic E-state index is 11.4. The molecule has 3 aromatic rings. The Hall–Kier alpha value is -2.14. The van der Waals surface area contributed by atoms with Crippen LogP contribution in [0.5, 0.6) is 0 Å². The van der Waals surface area contributed by atoms with Gasteiger partial charge in [-0.2, -0.15) is 16.8 Å². The van der Waals surface area contributed by atoms with E-state index in [0.717, 1.165) is 24.5 Å². The van der Waals surface area contributed by atoms with Crippen LogP contribution in [-0.2, 0) is 20.2 Å². The fraction of sp³-hybridized carbons (Fsp3) is 0. The monoisotopic (exact) mass is 340 g/mol. The largest absolute Gasteiger partial charge is 0.295 e. The predicted molar refractivity (Wildman–Crippen MR) is 76.7 cm³/mol. The van der Waals surface area contributed by atoms with E-state index in [4.69, 9.17) is 0 Å². The van der Waals surface area contributed by atoms with Gasteiger partial charge < -0.3 is 0 Å². The highest BCUT2D eigenvalue weighted by Gasteiger charge is 2.19. The first-order valence-electron chi connectivity index (χ1n) is 5.81. The predicted octanol–water partition coefficient (Wildman–Crippen LogP) is 1.28. The first kappa shape index (κ1) is 14.8. The van der Waals surface area contributed by atoms with Gasteiger partial charge in [0.1, 0.15) is 9.79 Å². The van der Waals surface area contributed by atoms with Gasteiger partial charge in [0.15, 0.2) is 0 Å². The van der Waals surface area contributed by atoms with E-state index in [0.29, 0.717) is 0 Å². The Morgan fingerprint density at radius 2 is 1.05 bits per heavy atom. The van der Waals surface area contributed by atoms with Crippen LogP contribution >= 0.6 is 0 Å². The second kappa shape index (κ2) is 4.68. The molecule has 0 bridgehead atoms. The molecule has 8 nitrogen and oxygen atoms in total. The summed E-state index contributed by atoms with van der Waals surface area (Å²) >= 11 is 0. The van der Waals surface area contributed by atoms with Crippen LogP contribution in [0.3, 0.4) is 0 Å². The number of pyridine rings is 2. The summed E-state index contributed by atoms with van der Waals surface area (Å²) in [7, 11) is -8.94. The molecule has 0 aliphatic carbocycles. The van der Waals surface area contributed by atoms with Crippen molar-refractivity contribution in [1.82, 2.24) is 9.97 Å². The lowest BCUT2D eigenvalue weighted by atomic mass is 10.1. The van der Waals surface area contributed by atoms with Gasteiger partial charge in [0.2, 0.25) is 0 Å². The van der Waals surface area contributed by atoms with E-state index in [-0.39, 0.29) is 31.6 Å². The van der Waals surface area contributed by atoms with Crippen LogP contribution in [0.2, 0.25) is 0 Å². The van der Waals surface area contributed by atoms with E-state index in [9.17, 15) is 25.9 Å². The third-order valence-corrected chi connectivity index (χ3v) is 4.92. The van der Waals surface area contributed by atoms with Crippen LogP contribution in [0, 0.1) is 0 Å². The molecular weight excluding hydrogens is 332 g/mol. The minimum absolute atomic E-state index is 0.0949. The van der Waals surface area contributed by atoms with E-state index in [1.165, 1.54) is 12.1 Å². The summed E-state index contributed by atoms with van der Waals surface area (Å²) in [5.74, 6) is 0. The van der Waals surface area contributed by atoms with Crippen molar-refractivity contribution in [2.24, 2.45) is 0 Å². The van der Waals surface area contributed by atoms with Gasteiger partial charge in [0, 0.05) is 23.2 Å². The van der Waals surface area contributed by atoms with Gasteiger partial charge in [-0.05, 0) is 12.1 Å². The summed E-state index contributed by atoms with van der Waals surface area (Å²) in [6.45, 7) is 0. The fourth-order valence-electron chi connectivity index (χ4n) is 2.23. The summed E-state index contributed by atoms with van der Waals surface area (Å²) in [6, 6.07) is 4.83. The Balaban J connectivity index is 2.55. The third kappa shape index (κ3) is 2.31. The van der Waals surface area contributed by atoms with Gasteiger partial charge in [-0.25, -0.2) is 0 Å². The van der Waals surface area contributed by atoms with E-state index in [1.54, 1.807) is 0 Å². The van der Waals surface area contributed by atoms with Crippen molar-refractivity contribution < 1.29 is 25.9 Å². The third-order valence-electron chi connectivity index (χ3n) is 3.10. The van der Waals surface area contributed by atoms with Gasteiger partial charge >= 0.3 is 0 Å². The highest BCUT2D eigenvalue weighted by Crippen LogP contribution is 2.29. The molecule has 0 saturated heterocycles. The van der Waals surface area contributed by atoms with Crippen LogP contribution in [-0.4, -0.2) is 35.9 Å². The molecule has 0 amide bonds. The van der Waals surface area contributed by atoms with Crippen molar-refractivity contribution in [3.63, 3.8) is 0 Å². The van der Waals surface area contributed by atoms with Crippen LogP contribution in [0.4, 0.5) is 0 Å². The van der Waals surface area contributed by atoms with Crippen molar-refractivity contribution >= 4 is 42.0 Å². The molecule has 0 fully saturated rings. The maximum atomic E-state index is 11.4. The van der Waals surface area contributed by atoms with Gasteiger partial charge in [-0.1, -0.05) is 12.1 Å². The molecule has 1 aromatic carbocycles. The quantitative estimate of drug-likeness (QED) is 0.526. The Kier molecular flexibility index (Phi) is 3.14. The molecular formula is C12H8N2O6S2. The lowest BCUT2D eigenvalue weighted by Gasteiger charge is -2.07. The van der Waals surface area contributed by atoms with Crippen LogP contribution < -0.4 is 0 Å². The average Bonchev–Trinajstić information content (AvgIpc) is 2.43. The van der Waals surface area contributed by atoms with Crippen molar-refractivity contribution in [3.05, 3.63) is 36.7 Å². The number of hydrogen-bond donors (Lipinski definition) is 2. The molecule has 0 aliphatic heterocycles. The summed E-state index contributed by atoms with van der Waals surface area (Å²) in [5, 5.41) is 0.190. The molecule has 3 rings (SSSR count). The fourth-order valence-corrected chi connectivity index (χ4v) is 3.58. The van der Waals surface area contributed by atoms with Gasteiger partial charge in [-0.15, -0.1) is 0 Å². The zero-order valence-electron chi connectivity index (χ0n) is 10.7. The van der Waals surface area contributed by atoms with Crippen molar-refractivity contribution in [2.75, 3.05) is 0 Å². The Morgan fingerprint density at radius 3 is 1.36 bits per heavy atom. The summed E-state index contributed by atoms with van der Waals surface area (Å²) in [4.78, 5) is 7.26. The van der Waals surface area contributed by atoms with E-state index < -0.39 is 20.2 Å². The summed E-state index contributed by atoms with van der Waals surface area (Å²) < 4.78 is 64.0. The number of hydrogen-bond acceptors (Lipinski definition) is 6. The topological polar surface area (TPSA) is 135 Å². The Bertz CT molecular complexity index is 1030. The smallest absolute Gasteiger partial charge is 0.282 e. The first-order valence-corrected chi connectivity index (χ1v) is 8.69. The molecule has 2 heterocycles. The highest BCUT2D eigenvalue weighted by molar-refractivity contribution is 7.86. The lowest BCUT2D eigenvalue weighted by Crippen LogP contribution is -2.02. The number of fused-ring (bicyclic) bond motifs is 3. The molecule has 114 valence electrons. The molecule has 0 saturated carbocycles. The zero-order valence-corrected chi connectivity index (χ0v) is 12.3. The molecule has 2 N–H and O–H groups in total. The zero-order chi connectivity index (χ0) is 16.1. The summed E-state index contributed by atoms with van der Waals surface area (Å²) in [6.07, 6.45) is 2.32. The standard InChI is InChI=1S/C12H8N2O6S2/c15-21(16,17)9-3-5-13-11-7(9)1-2-8-10(22(18,19)20)4-6-14-12(8)11/h1-6H,(H,15,16,17)(H,18,19,20). The molecule has 0 radical (unpaired) electrons. The normalized spacial score (nSPS) is 12.8. The van der Waals surface area contributed by atoms with Crippen molar-refractivity contribution in [1.29, 1.82) is 0 Å². The molecule has 2 aromatic heterocycles. The van der Waals surface area contributed by atoms with Crippen molar-refractivity contribution in [3.8, 4) is 0 Å². The van der Waals surface area contributed by atoms with Crippen LogP contribution in [0.15, 0.2) is 46.5 Å². The minimum atomic E-state index is -4.47. The van der Waals surface area contributed by atoms with E-state index in [2.05, 4.69) is 9.97 Å². The van der Waals surface area contributed by atoms with Gasteiger partial charge in [0.05, 0.1) is 11.0 Å². The maximum Gasteiger partial charge on any atom is 0.295 e. The minimum Gasteiger partial charge on any atom is -0.282 e. The first-order chi connectivity index (χ1) is 10.2. The highest BCUT2D eigenvalue weighted by atomic mass is 32.2. The number of nitrogens with zero attached hydrogens (tertiary/aromatic N) is 2. The lowest BCUT2D eigenvalue weighted by molar-refractivity contribution is 0.481. The Labute approximate surface area is 124 Å². The number of rotatable bonds is 2. The summed E-state index contributed by atoms with van der Waals surface area (Å²) in [5.41, 5.74) is 0.191.